The van der Waals surface area contributed by atoms with E-state index in [2.05, 4.69) is 10.6 Å². The van der Waals surface area contributed by atoms with E-state index in [1.165, 1.54) is 13.8 Å². The molecule has 1 rings (SSSR count). The summed E-state index contributed by atoms with van der Waals surface area (Å²) in [7, 11) is 0. The van der Waals surface area contributed by atoms with Gasteiger partial charge in [0.25, 0.3) is 0 Å². The normalized spacial score (nSPS) is 9.53. The lowest BCUT2D eigenvalue weighted by atomic mass is 10.2. The lowest BCUT2D eigenvalue weighted by molar-refractivity contribution is -0.115. The zero-order chi connectivity index (χ0) is 11.4. The molecule has 4 nitrogen and oxygen atoms in total. The van der Waals surface area contributed by atoms with Crippen molar-refractivity contribution in [1.29, 1.82) is 0 Å². The fourth-order valence-electron chi connectivity index (χ4n) is 1.09. The van der Waals surface area contributed by atoms with E-state index < -0.39 is 0 Å². The van der Waals surface area contributed by atoms with E-state index >= 15 is 0 Å². The van der Waals surface area contributed by atoms with Crippen LogP contribution in [0, 0.1) is 0 Å². The Bertz CT molecular complexity index is 404. The minimum Gasteiger partial charge on any atom is -0.326 e. The third-order valence-electron chi connectivity index (χ3n) is 1.60. The summed E-state index contributed by atoms with van der Waals surface area (Å²) >= 11 is 5.85. The zero-order valence-electron chi connectivity index (χ0n) is 8.43. The molecule has 0 aromatic heterocycles. The Hall–Kier alpha value is -1.55. The minimum atomic E-state index is -0.211. The number of hydrogen-bond acceptors (Lipinski definition) is 2. The highest BCUT2D eigenvalue weighted by molar-refractivity contribution is 6.33. The summed E-state index contributed by atoms with van der Waals surface area (Å²) in [6.45, 7) is 2.80. The van der Waals surface area contributed by atoms with Gasteiger partial charge in [-0.2, -0.15) is 0 Å². The number of nitrogens with one attached hydrogen (secondary N) is 2. The topological polar surface area (TPSA) is 58.2 Å². The van der Waals surface area contributed by atoms with Gasteiger partial charge in [-0.05, 0) is 18.2 Å². The van der Waals surface area contributed by atoms with E-state index in [0.717, 1.165) is 0 Å². The third-order valence-corrected chi connectivity index (χ3v) is 1.93. The van der Waals surface area contributed by atoms with Crippen LogP contribution in [0.25, 0.3) is 0 Å². The van der Waals surface area contributed by atoms with Gasteiger partial charge in [-0.1, -0.05) is 11.6 Å². The van der Waals surface area contributed by atoms with E-state index in [0.29, 0.717) is 16.4 Å². The van der Waals surface area contributed by atoms with Crippen LogP contribution in [0.5, 0.6) is 0 Å². The molecule has 5 heteroatoms. The molecule has 0 radical (unpaired) electrons. The fraction of sp³-hybridized carbons (Fsp3) is 0.200. The van der Waals surface area contributed by atoms with E-state index in [1.807, 2.05) is 0 Å². The van der Waals surface area contributed by atoms with E-state index in [9.17, 15) is 9.59 Å². The summed E-state index contributed by atoms with van der Waals surface area (Å²) in [5, 5.41) is 5.59. The molecule has 80 valence electrons. The molecular weight excluding hydrogens is 216 g/mol. The molecule has 1 aromatic rings. The first-order chi connectivity index (χ1) is 6.99. The number of benzene rings is 1. The highest BCUT2D eigenvalue weighted by Gasteiger charge is 2.04. The smallest absolute Gasteiger partial charge is 0.221 e. The van der Waals surface area contributed by atoms with Crippen molar-refractivity contribution in [3.8, 4) is 0 Å². The number of carbonyl (C=O) groups is 2. The average molecular weight is 227 g/mol. The van der Waals surface area contributed by atoms with Gasteiger partial charge in [-0.3, -0.25) is 9.59 Å². The number of anilines is 2. The summed E-state index contributed by atoms with van der Waals surface area (Å²) in [4.78, 5) is 21.6. The molecule has 0 spiro atoms. The standard InChI is InChI=1S/C10H11ClN2O2/c1-6(14)12-8-3-4-9(11)10(5-8)13-7(2)15/h3-5H,1-2H3,(H,12,14)(H,13,15). The van der Waals surface area contributed by atoms with Crippen LogP contribution in [-0.4, -0.2) is 11.8 Å². The van der Waals surface area contributed by atoms with Crippen molar-refractivity contribution in [3.05, 3.63) is 23.2 Å². The second-order valence-electron chi connectivity index (χ2n) is 3.06. The van der Waals surface area contributed by atoms with Crippen molar-refractivity contribution in [3.63, 3.8) is 0 Å². The van der Waals surface area contributed by atoms with Gasteiger partial charge in [0.05, 0.1) is 10.7 Å². The number of halogens is 1. The van der Waals surface area contributed by atoms with Crippen LogP contribution in [0.15, 0.2) is 18.2 Å². The van der Waals surface area contributed by atoms with Crippen molar-refractivity contribution in [2.24, 2.45) is 0 Å². The summed E-state index contributed by atoms with van der Waals surface area (Å²) in [5.41, 5.74) is 1.08. The van der Waals surface area contributed by atoms with E-state index in [4.69, 9.17) is 11.6 Å². The third kappa shape index (κ3) is 3.59. The van der Waals surface area contributed by atoms with Crippen molar-refractivity contribution in [2.75, 3.05) is 10.6 Å². The molecule has 0 aliphatic heterocycles. The Morgan fingerprint density at radius 1 is 1.13 bits per heavy atom. The maximum atomic E-state index is 10.8. The van der Waals surface area contributed by atoms with Crippen LogP contribution in [0.3, 0.4) is 0 Å². The van der Waals surface area contributed by atoms with Crippen LogP contribution >= 0.6 is 11.6 Å². The lowest BCUT2D eigenvalue weighted by Gasteiger charge is -2.08. The van der Waals surface area contributed by atoms with Gasteiger partial charge in [0.1, 0.15) is 0 Å². The van der Waals surface area contributed by atoms with Crippen molar-refractivity contribution >= 4 is 34.8 Å². The molecule has 0 aliphatic carbocycles. The molecule has 2 amide bonds. The summed E-state index contributed by atoms with van der Waals surface area (Å²) in [6, 6.07) is 4.87. The van der Waals surface area contributed by atoms with Crippen LogP contribution in [-0.2, 0) is 9.59 Å². The molecule has 2 N–H and O–H groups in total. The van der Waals surface area contributed by atoms with Gasteiger partial charge >= 0.3 is 0 Å². The Kier molecular flexibility index (Phi) is 3.68. The monoisotopic (exact) mass is 226 g/mol. The molecule has 1 aromatic carbocycles. The van der Waals surface area contributed by atoms with Gasteiger partial charge in [0.2, 0.25) is 11.8 Å². The van der Waals surface area contributed by atoms with Crippen molar-refractivity contribution < 1.29 is 9.59 Å². The maximum Gasteiger partial charge on any atom is 0.221 e. The summed E-state index contributed by atoms with van der Waals surface area (Å²) in [6.07, 6.45) is 0. The molecule has 0 unspecified atom stereocenters. The number of carbonyl (C=O) groups excluding carboxylic acids is 2. The number of rotatable bonds is 2. The summed E-state index contributed by atoms with van der Waals surface area (Å²) in [5.74, 6) is -0.386. The quantitative estimate of drug-likeness (QED) is 0.813. The number of amides is 2. The highest BCUT2D eigenvalue weighted by atomic mass is 35.5. The van der Waals surface area contributed by atoms with Gasteiger partial charge in [-0.15, -0.1) is 0 Å². The molecule has 0 fully saturated rings. The molecule has 0 atom stereocenters. The van der Waals surface area contributed by atoms with Crippen molar-refractivity contribution in [1.82, 2.24) is 0 Å². The predicted molar refractivity (Wildman–Crippen MR) is 60.1 cm³/mol. The molecule has 0 bridgehead atoms. The first-order valence-electron chi connectivity index (χ1n) is 4.34. The largest absolute Gasteiger partial charge is 0.326 e. The Morgan fingerprint density at radius 3 is 2.27 bits per heavy atom. The Balaban J connectivity index is 2.94. The average Bonchev–Trinajstić information content (AvgIpc) is 2.09. The predicted octanol–water partition coefficient (Wildman–Crippen LogP) is 2.26. The van der Waals surface area contributed by atoms with E-state index in [1.54, 1.807) is 18.2 Å². The molecule has 0 aliphatic rings. The second-order valence-corrected chi connectivity index (χ2v) is 3.46. The van der Waals surface area contributed by atoms with Crippen LogP contribution in [0.2, 0.25) is 5.02 Å². The molecule has 0 heterocycles. The molecular formula is C10H11ClN2O2. The van der Waals surface area contributed by atoms with Gasteiger partial charge < -0.3 is 10.6 Å². The van der Waals surface area contributed by atoms with Crippen LogP contribution in [0.1, 0.15) is 13.8 Å². The van der Waals surface area contributed by atoms with Crippen LogP contribution < -0.4 is 10.6 Å². The summed E-state index contributed by atoms with van der Waals surface area (Å²) < 4.78 is 0. The van der Waals surface area contributed by atoms with Gasteiger partial charge in [-0.25, -0.2) is 0 Å². The zero-order valence-corrected chi connectivity index (χ0v) is 9.18. The van der Waals surface area contributed by atoms with E-state index in [-0.39, 0.29) is 11.8 Å². The Morgan fingerprint density at radius 2 is 1.73 bits per heavy atom. The minimum absolute atomic E-state index is 0.175. The first-order valence-corrected chi connectivity index (χ1v) is 4.71. The Labute approximate surface area is 92.6 Å². The number of hydrogen-bond donors (Lipinski definition) is 2. The maximum absolute atomic E-state index is 10.8. The molecule has 0 saturated heterocycles. The van der Waals surface area contributed by atoms with Crippen LogP contribution in [0.4, 0.5) is 11.4 Å². The SMILES string of the molecule is CC(=O)Nc1ccc(Cl)c(NC(C)=O)c1. The lowest BCUT2D eigenvalue weighted by Crippen LogP contribution is -2.09. The molecule has 15 heavy (non-hydrogen) atoms. The van der Waals surface area contributed by atoms with Crippen molar-refractivity contribution in [2.45, 2.75) is 13.8 Å². The van der Waals surface area contributed by atoms with Gasteiger partial charge in [0.15, 0.2) is 0 Å². The highest BCUT2D eigenvalue weighted by Crippen LogP contribution is 2.25. The fourth-order valence-corrected chi connectivity index (χ4v) is 1.26. The van der Waals surface area contributed by atoms with Gasteiger partial charge in [0, 0.05) is 19.5 Å². The molecule has 0 saturated carbocycles. The second kappa shape index (κ2) is 4.79. The first kappa shape index (κ1) is 11.5.